The number of anilines is 2. The zero-order chi connectivity index (χ0) is 21.9. The number of methoxy groups -OCH3 is 1. The van der Waals surface area contributed by atoms with Crippen molar-refractivity contribution in [1.29, 1.82) is 0 Å². The van der Waals surface area contributed by atoms with Crippen LogP contribution in [0.2, 0.25) is 0 Å². The van der Waals surface area contributed by atoms with Gasteiger partial charge in [-0.15, -0.1) is 0 Å². The van der Waals surface area contributed by atoms with Crippen molar-refractivity contribution in [3.63, 3.8) is 0 Å². The Bertz CT molecular complexity index is 1070. The molecule has 2 aliphatic rings. The summed E-state index contributed by atoms with van der Waals surface area (Å²) >= 11 is 0. The second-order valence-electron chi connectivity index (χ2n) is 8.43. The van der Waals surface area contributed by atoms with Gasteiger partial charge in [0.15, 0.2) is 0 Å². The highest BCUT2D eigenvalue weighted by molar-refractivity contribution is 5.82. The second-order valence-corrected chi connectivity index (χ2v) is 8.43. The van der Waals surface area contributed by atoms with Crippen LogP contribution in [0.15, 0.2) is 73.1 Å². The number of nitrogens with one attached hydrogen (secondary N) is 1. The van der Waals surface area contributed by atoms with E-state index >= 15 is 0 Å². The Kier molecular flexibility index (Phi) is 5.67. The normalized spacial score (nSPS) is 19.7. The Morgan fingerprint density at radius 2 is 2.00 bits per heavy atom. The Morgan fingerprint density at radius 1 is 1.12 bits per heavy atom. The van der Waals surface area contributed by atoms with Crippen LogP contribution in [0.1, 0.15) is 11.1 Å². The third kappa shape index (κ3) is 4.00. The summed E-state index contributed by atoms with van der Waals surface area (Å²) < 4.78 is 5.49. The van der Waals surface area contributed by atoms with Crippen molar-refractivity contribution >= 4 is 17.3 Å². The van der Waals surface area contributed by atoms with Crippen LogP contribution in [0, 0.1) is 5.92 Å². The van der Waals surface area contributed by atoms with Gasteiger partial charge in [-0.3, -0.25) is 9.78 Å². The summed E-state index contributed by atoms with van der Waals surface area (Å²) in [6.45, 7) is 3.09. The number of carbonyl (C=O) groups is 1. The van der Waals surface area contributed by atoms with Crippen molar-refractivity contribution in [3.8, 4) is 5.75 Å². The van der Waals surface area contributed by atoms with Crippen LogP contribution >= 0.6 is 0 Å². The predicted octanol–water partition coefficient (Wildman–Crippen LogP) is 3.27. The molecule has 0 saturated carbocycles. The van der Waals surface area contributed by atoms with Gasteiger partial charge in [0, 0.05) is 56.0 Å². The first-order valence-electron chi connectivity index (χ1n) is 11.1. The van der Waals surface area contributed by atoms with Gasteiger partial charge in [-0.25, -0.2) is 0 Å². The molecule has 0 spiro atoms. The molecule has 164 valence electrons. The van der Waals surface area contributed by atoms with Crippen molar-refractivity contribution in [1.82, 2.24) is 10.3 Å². The molecule has 0 radical (unpaired) electrons. The Hall–Kier alpha value is -3.54. The smallest absolute Gasteiger partial charge is 0.225 e. The number of piperazine rings is 1. The molecule has 1 aromatic heterocycles. The van der Waals surface area contributed by atoms with E-state index in [4.69, 9.17) is 4.74 Å². The monoisotopic (exact) mass is 428 g/mol. The van der Waals surface area contributed by atoms with E-state index in [1.807, 2.05) is 24.3 Å². The van der Waals surface area contributed by atoms with E-state index < -0.39 is 0 Å². The topological polar surface area (TPSA) is 57.7 Å². The van der Waals surface area contributed by atoms with Gasteiger partial charge < -0.3 is 19.9 Å². The number of benzene rings is 2. The summed E-state index contributed by atoms with van der Waals surface area (Å²) in [7, 11) is 1.70. The van der Waals surface area contributed by atoms with Gasteiger partial charge in [0.05, 0.1) is 19.1 Å². The Balaban J connectivity index is 1.42. The third-order valence-electron chi connectivity index (χ3n) is 6.57. The number of ether oxygens (including phenoxy) is 1. The fourth-order valence-electron chi connectivity index (χ4n) is 4.90. The molecule has 0 bridgehead atoms. The van der Waals surface area contributed by atoms with Crippen LogP contribution in [-0.4, -0.2) is 43.7 Å². The maximum absolute atomic E-state index is 13.4. The first kappa shape index (κ1) is 20.4. The second kappa shape index (κ2) is 8.91. The number of aromatic nitrogens is 1. The number of fused-ring (bicyclic) bond motifs is 3. The highest BCUT2D eigenvalue weighted by Crippen LogP contribution is 2.38. The van der Waals surface area contributed by atoms with E-state index in [9.17, 15) is 4.79 Å². The minimum absolute atomic E-state index is 0.0949. The molecule has 1 fully saturated rings. The summed E-state index contributed by atoms with van der Waals surface area (Å²) in [6.07, 6.45) is 4.27. The zero-order valence-corrected chi connectivity index (χ0v) is 18.3. The molecule has 1 N–H and O–H groups in total. The molecule has 0 unspecified atom stereocenters. The largest absolute Gasteiger partial charge is 0.497 e. The molecule has 1 amide bonds. The van der Waals surface area contributed by atoms with E-state index in [0.29, 0.717) is 6.54 Å². The van der Waals surface area contributed by atoms with Crippen molar-refractivity contribution in [3.05, 3.63) is 84.2 Å². The van der Waals surface area contributed by atoms with Crippen molar-refractivity contribution in [2.75, 3.05) is 36.5 Å². The number of hydrogen-bond acceptors (Lipinski definition) is 5. The van der Waals surface area contributed by atoms with Gasteiger partial charge in [-0.2, -0.15) is 0 Å². The van der Waals surface area contributed by atoms with Crippen molar-refractivity contribution in [2.45, 2.75) is 19.0 Å². The number of para-hydroxylation sites is 1. The van der Waals surface area contributed by atoms with Crippen LogP contribution in [0.5, 0.6) is 5.75 Å². The van der Waals surface area contributed by atoms with Crippen LogP contribution in [0.3, 0.4) is 0 Å². The standard InChI is InChI=1S/C26H28N4O2/c1-32-22-10-9-20-14-23(26(31)28-17-19-6-5-11-27-16-19)25-18-29(21-7-3-2-4-8-21)12-13-30(25)24(20)15-22/h2-11,15-16,23,25H,12-14,17-18H2,1H3,(H,28,31)/t23-,25+/m1/s1. The predicted molar refractivity (Wildman–Crippen MR) is 126 cm³/mol. The van der Waals surface area contributed by atoms with Crippen molar-refractivity contribution < 1.29 is 9.53 Å². The molecule has 2 aliphatic heterocycles. The minimum atomic E-state index is -0.126. The van der Waals surface area contributed by atoms with Gasteiger partial charge in [0.25, 0.3) is 0 Å². The molecule has 6 heteroatoms. The number of amides is 1. The fraction of sp³-hybridized carbons (Fsp3) is 0.308. The molecule has 2 aromatic carbocycles. The van der Waals surface area contributed by atoms with Gasteiger partial charge in [0.1, 0.15) is 5.75 Å². The minimum Gasteiger partial charge on any atom is -0.497 e. The zero-order valence-electron chi connectivity index (χ0n) is 18.3. The first-order chi connectivity index (χ1) is 15.7. The lowest BCUT2D eigenvalue weighted by molar-refractivity contribution is -0.126. The van der Waals surface area contributed by atoms with Gasteiger partial charge >= 0.3 is 0 Å². The summed E-state index contributed by atoms with van der Waals surface area (Å²) in [4.78, 5) is 22.4. The molecule has 3 aromatic rings. The molecule has 3 heterocycles. The molecule has 1 saturated heterocycles. The van der Waals surface area contributed by atoms with Crippen LogP contribution in [0.25, 0.3) is 0 Å². The van der Waals surface area contributed by atoms with E-state index in [-0.39, 0.29) is 17.9 Å². The highest BCUT2D eigenvalue weighted by Gasteiger charge is 2.41. The third-order valence-corrected chi connectivity index (χ3v) is 6.57. The van der Waals surface area contributed by atoms with E-state index in [2.05, 4.69) is 56.5 Å². The molecule has 5 rings (SSSR count). The lowest BCUT2D eigenvalue weighted by Gasteiger charge is -2.49. The van der Waals surface area contributed by atoms with Gasteiger partial charge in [-0.05, 0) is 41.8 Å². The van der Waals surface area contributed by atoms with E-state index in [1.165, 1.54) is 16.9 Å². The number of pyridine rings is 1. The van der Waals surface area contributed by atoms with Crippen molar-refractivity contribution in [2.24, 2.45) is 5.92 Å². The molecule has 0 aliphatic carbocycles. The first-order valence-corrected chi connectivity index (χ1v) is 11.1. The van der Waals surface area contributed by atoms with Gasteiger partial charge in [-0.1, -0.05) is 30.3 Å². The lowest BCUT2D eigenvalue weighted by atomic mass is 9.83. The van der Waals surface area contributed by atoms with E-state index in [1.54, 1.807) is 19.5 Å². The van der Waals surface area contributed by atoms with Crippen LogP contribution < -0.4 is 19.9 Å². The average molecular weight is 429 g/mol. The van der Waals surface area contributed by atoms with Gasteiger partial charge in [0.2, 0.25) is 5.91 Å². The van der Waals surface area contributed by atoms with E-state index in [0.717, 1.165) is 37.4 Å². The van der Waals surface area contributed by atoms with Crippen LogP contribution in [0.4, 0.5) is 11.4 Å². The molecule has 6 nitrogen and oxygen atoms in total. The molecule has 2 atom stereocenters. The molecular weight excluding hydrogens is 400 g/mol. The summed E-state index contributed by atoms with van der Waals surface area (Å²) in [5, 5.41) is 3.16. The van der Waals surface area contributed by atoms with Crippen LogP contribution in [-0.2, 0) is 17.8 Å². The number of rotatable bonds is 5. The Labute approximate surface area is 188 Å². The summed E-state index contributed by atoms with van der Waals surface area (Å²) in [6, 6.07) is 20.7. The highest BCUT2D eigenvalue weighted by atomic mass is 16.5. The fourth-order valence-corrected chi connectivity index (χ4v) is 4.90. The average Bonchev–Trinajstić information content (AvgIpc) is 2.87. The lowest BCUT2D eigenvalue weighted by Crippen LogP contribution is -2.61. The number of hydrogen-bond donors (Lipinski definition) is 1. The molecular formula is C26H28N4O2. The SMILES string of the molecule is COc1ccc2c(c1)N1CCN(c3ccccc3)C[C@H]1[C@H](C(=O)NCc1cccnc1)C2. The number of carbonyl (C=O) groups excluding carboxylic acids is 1. The maximum Gasteiger partial charge on any atom is 0.225 e. The summed E-state index contributed by atoms with van der Waals surface area (Å²) in [5.41, 5.74) is 4.61. The Morgan fingerprint density at radius 3 is 2.78 bits per heavy atom. The summed E-state index contributed by atoms with van der Waals surface area (Å²) in [5.74, 6) is 0.826. The quantitative estimate of drug-likeness (QED) is 0.676. The number of nitrogens with zero attached hydrogens (tertiary/aromatic N) is 3. The molecule has 32 heavy (non-hydrogen) atoms. The maximum atomic E-state index is 13.4.